The van der Waals surface area contributed by atoms with Crippen LogP contribution in [0.5, 0.6) is 0 Å². The number of likely N-dealkylation sites (tertiary alicyclic amines) is 1. The van der Waals surface area contributed by atoms with Gasteiger partial charge in [-0.15, -0.1) is 11.8 Å². The Labute approximate surface area is 142 Å². The van der Waals surface area contributed by atoms with Gasteiger partial charge in [0, 0.05) is 23.0 Å². The van der Waals surface area contributed by atoms with Crippen molar-refractivity contribution in [2.45, 2.75) is 36.8 Å². The van der Waals surface area contributed by atoms with E-state index in [4.69, 9.17) is 11.6 Å². The minimum Gasteiger partial charge on any atom is -0.342 e. The maximum absolute atomic E-state index is 12.6. The van der Waals surface area contributed by atoms with Crippen LogP contribution in [-0.4, -0.2) is 42.2 Å². The fourth-order valence-corrected chi connectivity index (χ4v) is 3.81. The van der Waals surface area contributed by atoms with Crippen molar-refractivity contribution in [2.75, 3.05) is 26.2 Å². The second kappa shape index (κ2) is 8.80. The molecule has 5 heteroatoms. The van der Waals surface area contributed by atoms with Crippen LogP contribution in [-0.2, 0) is 4.79 Å². The van der Waals surface area contributed by atoms with Crippen LogP contribution in [0.1, 0.15) is 26.7 Å². The number of rotatable bonds is 6. The van der Waals surface area contributed by atoms with Gasteiger partial charge in [-0.3, -0.25) is 4.79 Å². The maximum atomic E-state index is 12.6. The number of benzene rings is 1. The van der Waals surface area contributed by atoms with E-state index in [1.807, 2.05) is 36.1 Å². The first-order chi connectivity index (χ1) is 10.6. The smallest absolute Gasteiger partial charge is 0.235 e. The predicted octanol–water partition coefficient (Wildman–Crippen LogP) is 3.67. The summed E-state index contributed by atoms with van der Waals surface area (Å²) < 4.78 is 0. The van der Waals surface area contributed by atoms with Crippen molar-refractivity contribution < 1.29 is 4.79 Å². The van der Waals surface area contributed by atoms with Gasteiger partial charge in [0.05, 0.1) is 5.25 Å². The van der Waals surface area contributed by atoms with Crippen LogP contribution in [0.15, 0.2) is 29.2 Å². The van der Waals surface area contributed by atoms with Gasteiger partial charge in [0.25, 0.3) is 0 Å². The molecule has 1 aromatic carbocycles. The molecule has 2 rings (SSSR count). The zero-order valence-electron chi connectivity index (χ0n) is 13.3. The Morgan fingerprint density at radius 2 is 2.00 bits per heavy atom. The van der Waals surface area contributed by atoms with Crippen molar-refractivity contribution in [3.8, 4) is 0 Å². The first kappa shape index (κ1) is 17.6. The lowest BCUT2D eigenvalue weighted by Gasteiger charge is -2.33. The fourth-order valence-electron chi connectivity index (χ4n) is 2.73. The number of carbonyl (C=O) groups excluding carboxylic acids is 1. The molecule has 3 nitrogen and oxygen atoms in total. The van der Waals surface area contributed by atoms with Crippen molar-refractivity contribution in [3.63, 3.8) is 0 Å². The Morgan fingerprint density at radius 1 is 1.36 bits per heavy atom. The van der Waals surface area contributed by atoms with E-state index in [2.05, 4.69) is 12.2 Å². The van der Waals surface area contributed by atoms with Crippen LogP contribution in [0.25, 0.3) is 0 Å². The Bertz CT molecular complexity index is 472. The molecule has 1 aliphatic rings. The number of hydrogen-bond acceptors (Lipinski definition) is 3. The predicted molar refractivity (Wildman–Crippen MR) is 94.6 cm³/mol. The quantitative estimate of drug-likeness (QED) is 0.802. The molecule has 1 aromatic rings. The number of carbonyl (C=O) groups is 1. The molecule has 22 heavy (non-hydrogen) atoms. The topological polar surface area (TPSA) is 32.3 Å². The van der Waals surface area contributed by atoms with Gasteiger partial charge in [0.2, 0.25) is 5.91 Å². The van der Waals surface area contributed by atoms with Crippen molar-refractivity contribution in [1.29, 1.82) is 0 Å². The third kappa shape index (κ3) is 5.18. The number of thioether (sulfide) groups is 1. The highest BCUT2D eigenvalue weighted by atomic mass is 35.5. The molecule has 1 atom stereocenters. The van der Waals surface area contributed by atoms with Gasteiger partial charge >= 0.3 is 0 Å². The average Bonchev–Trinajstić information content (AvgIpc) is 2.55. The lowest BCUT2D eigenvalue weighted by molar-refractivity contribution is -0.131. The molecule has 1 heterocycles. The highest BCUT2D eigenvalue weighted by Crippen LogP contribution is 2.27. The number of hydrogen-bond donors (Lipinski definition) is 1. The lowest BCUT2D eigenvalue weighted by Crippen LogP contribution is -2.43. The van der Waals surface area contributed by atoms with Crippen molar-refractivity contribution in [2.24, 2.45) is 5.92 Å². The van der Waals surface area contributed by atoms with E-state index in [0.717, 1.165) is 48.9 Å². The summed E-state index contributed by atoms with van der Waals surface area (Å²) in [5.41, 5.74) is 0. The molecule has 1 fully saturated rings. The summed E-state index contributed by atoms with van der Waals surface area (Å²) in [5.74, 6) is 0.963. The van der Waals surface area contributed by atoms with Crippen molar-refractivity contribution in [3.05, 3.63) is 29.3 Å². The molecule has 0 saturated carbocycles. The first-order valence-electron chi connectivity index (χ1n) is 8.02. The summed E-state index contributed by atoms with van der Waals surface area (Å²) in [6, 6.07) is 7.68. The van der Waals surface area contributed by atoms with E-state index in [0.29, 0.717) is 5.92 Å². The zero-order chi connectivity index (χ0) is 15.9. The minimum absolute atomic E-state index is 0.0495. The van der Waals surface area contributed by atoms with Crippen LogP contribution in [0, 0.1) is 5.92 Å². The third-order valence-electron chi connectivity index (χ3n) is 4.08. The van der Waals surface area contributed by atoms with Gasteiger partial charge < -0.3 is 10.2 Å². The number of halogens is 1. The summed E-state index contributed by atoms with van der Waals surface area (Å²) in [7, 11) is 0. The largest absolute Gasteiger partial charge is 0.342 e. The summed E-state index contributed by atoms with van der Waals surface area (Å²) in [5, 5.41) is 4.08. The Balaban J connectivity index is 1.80. The second-order valence-electron chi connectivity index (χ2n) is 5.79. The zero-order valence-corrected chi connectivity index (χ0v) is 14.9. The molecule has 1 aliphatic heterocycles. The Morgan fingerprint density at radius 3 is 2.59 bits per heavy atom. The number of nitrogens with one attached hydrogen (secondary N) is 1. The Kier molecular flexibility index (Phi) is 7.06. The summed E-state index contributed by atoms with van der Waals surface area (Å²) in [4.78, 5) is 15.7. The van der Waals surface area contributed by atoms with E-state index in [9.17, 15) is 4.79 Å². The molecule has 0 radical (unpaired) electrons. The first-order valence-corrected chi connectivity index (χ1v) is 9.27. The molecule has 0 spiro atoms. The van der Waals surface area contributed by atoms with Crippen LogP contribution < -0.4 is 5.32 Å². The highest BCUT2D eigenvalue weighted by molar-refractivity contribution is 8.00. The molecule has 122 valence electrons. The van der Waals surface area contributed by atoms with E-state index < -0.39 is 0 Å². The second-order valence-corrected chi connectivity index (χ2v) is 7.64. The summed E-state index contributed by atoms with van der Waals surface area (Å²) in [6.07, 6.45) is 2.22. The molecule has 1 N–H and O–H groups in total. The van der Waals surface area contributed by atoms with Crippen LogP contribution in [0.3, 0.4) is 0 Å². The molecular weight excluding hydrogens is 316 g/mol. The van der Waals surface area contributed by atoms with Crippen LogP contribution >= 0.6 is 23.4 Å². The highest BCUT2D eigenvalue weighted by Gasteiger charge is 2.26. The van der Waals surface area contributed by atoms with Crippen LogP contribution in [0.4, 0.5) is 0 Å². The fraction of sp³-hybridized carbons (Fsp3) is 0.588. The van der Waals surface area contributed by atoms with Crippen LogP contribution in [0.2, 0.25) is 5.02 Å². The van der Waals surface area contributed by atoms with Crippen molar-refractivity contribution >= 4 is 29.3 Å². The lowest BCUT2D eigenvalue weighted by atomic mass is 9.96. The summed E-state index contributed by atoms with van der Waals surface area (Å²) in [6.45, 7) is 8.00. The van der Waals surface area contributed by atoms with Crippen molar-refractivity contribution in [1.82, 2.24) is 10.2 Å². The van der Waals surface area contributed by atoms with E-state index in [1.54, 1.807) is 11.8 Å². The van der Waals surface area contributed by atoms with Gasteiger partial charge in [-0.1, -0.05) is 18.5 Å². The number of piperidine rings is 1. The molecule has 0 aromatic heterocycles. The standard InChI is InChI=1S/C17H25ClN2OS/c1-3-19-12-14-8-10-20(11-9-14)17(21)13(2)22-16-6-4-15(18)5-7-16/h4-7,13-14,19H,3,8-12H2,1-2H3. The molecule has 1 amide bonds. The van der Waals surface area contributed by atoms with E-state index in [-0.39, 0.29) is 11.2 Å². The van der Waals surface area contributed by atoms with Gasteiger partial charge in [-0.25, -0.2) is 0 Å². The summed E-state index contributed by atoms with van der Waals surface area (Å²) >= 11 is 7.50. The average molecular weight is 341 g/mol. The molecule has 0 aliphatic carbocycles. The SMILES string of the molecule is CCNCC1CCN(C(=O)C(C)Sc2ccc(Cl)cc2)CC1. The molecule has 1 saturated heterocycles. The minimum atomic E-state index is -0.0495. The monoisotopic (exact) mass is 340 g/mol. The van der Waals surface area contributed by atoms with E-state index in [1.165, 1.54) is 0 Å². The molecule has 0 bridgehead atoms. The molecular formula is C17H25ClN2OS. The number of amides is 1. The van der Waals surface area contributed by atoms with Gasteiger partial charge in [0.1, 0.15) is 0 Å². The van der Waals surface area contributed by atoms with Gasteiger partial charge in [-0.05, 0) is 63.0 Å². The third-order valence-corrected chi connectivity index (χ3v) is 5.43. The maximum Gasteiger partial charge on any atom is 0.235 e. The molecule has 1 unspecified atom stereocenters. The normalized spacial score (nSPS) is 17.5. The van der Waals surface area contributed by atoms with Gasteiger partial charge in [-0.2, -0.15) is 0 Å². The number of nitrogens with zero attached hydrogens (tertiary/aromatic N) is 1. The Hall–Kier alpha value is -0.710. The van der Waals surface area contributed by atoms with Gasteiger partial charge in [0.15, 0.2) is 0 Å². The van der Waals surface area contributed by atoms with E-state index >= 15 is 0 Å².